The lowest BCUT2D eigenvalue weighted by atomic mass is 10.2. The van der Waals surface area contributed by atoms with Gasteiger partial charge in [0.1, 0.15) is 5.69 Å². The van der Waals surface area contributed by atoms with Gasteiger partial charge in [-0.1, -0.05) is 0 Å². The number of aromatic amines is 1. The van der Waals surface area contributed by atoms with Gasteiger partial charge < -0.3 is 16.0 Å². The number of nitrogens with two attached hydrogens (primary N) is 1. The van der Waals surface area contributed by atoms with Crippen molar-refractivity contribution in [1.82, 2.24) is 15.3 Å². The highest BCUT2D eigenvalue weighted by atomic mass is 16.1. The smallest absolute Gasteiger partial charge is 0.269 e. The Balaban J connectivity index is 2.27. The van der Waals surface area contributed by atoms with Crippen molar-refractivity contribution in [1.29, 1.82) is 0 Å². The van der Waals surface area contributed by atoms with E-state index in [2.05, 4.69) is 15.3 Å². The molecule has 1 amide bonds. The molecule has 0 fully saturated rings. The molecule has 1 unspecified atom stereocenters. The Morgan fingerprint density at radius 1 is 1.85 bits per heavy atom. The standard InChI is InChI=1S/C8H14N4O/c1-6(9)2-3-11-8(13)7-4-10-5-12-7/h4-6H,2-3,9H2,1H3,(H,10,12)(H,11,13). The molecular weight excluding hydrogens is 168 g/mol. The maximum atomic E-state index is 11.3. The van der Waals surface area contributed by atoms with Gasteiger partial charge in [-0.25, -0.2) is 4.98 Å². The summed E-state index contributed by atoms with van der Waals surface area (Å²) in [6, 6.07) is 0.113. The molecule has 0 aromatic carbocycles. The molecule has 5 nitrogen and oxygen atoms in total. The van der Waals surface area contributed by atoms with Crippen LogP contribution in [0, 0.1) is 0 Å². The third kappa shape index (κ3) is 3.25. The quantitative estimate of drug-likeness (QED) is 0.606. The van der Waals surface area contributed by atoms with Gasteiger partial charge >= 0.3 is 0 Å². The monoisotopic (exact) mass is 182 g/mol. The molecule has 4 N–H and O–H groups in total. The summed E-state index contributed by atoms with van der Waals surface area (Å²) in [4.78, 5) is 17.7. The van der Waals surface area contributed by atoms with Crippen LogP contribution in [0.25, 0.3) is 0 Å². The van der Waals surface area contributed by atoms with Crippen LogP contribution in [-0.4, -0.2) is 28.5 Å². The van der Waals surface area contributed by atoms with E-state index in [1.807, 2.05) is 6.92 Å². The van der Waals surface area contributed by atoms with E-state index in [4.69, 9.17) is 5.73 Å². The van der Waals surface area contributed by atoms with Gasteiger partial charge in [-0.15, -0.1) is 0 Å². The number of aromatic nitrogens is 2. The van der Waals surface area contributed by atoms with Crippen molar-refractivity contribution >= 4 is 5.91 Å². The number of nitrogens with one attached hydrogen (secondary N) is 2. The average molecular weight is 182 g/mol. The summed E-state index contributed by atoms with van der Waals surface area (Å²) in [5.41, 5.74) is 6.00. The number of hydrogen-bond acceptors (Lipinski definition) is 3. The van der Waals surface area contributed by atoms with Gasteiger partial charge in [-0.2, -0.15) is 0 Å². The number of H-pyrrole nitrogens is 1. The van der Waals surface area contributed by atoms with Gasteiger partial charge in [0.15, 0.2) is 0 Å². The van der Waals surface area contributed by atoms with Crippen LogP contribution in [0.5, 0.6) is 0 Å². The van der Waals surface area contributed by atoms with Gasteiger partial charge in [0.2, 0.25) is 0 Å². The highest BCUT2D eigenvalue weighted by molar-refractivity contribution is 5.91. The van der Waals surface area contributed by atoms with E-state index in [0.29, 0.717) is 12.2 Å². The maximum Gasteiger partial charge on any atom is 0.269 e. The number of carbonyl (C=O) groups excluding carboxylic acids is 1. The molecule has 0 aliphatic rings. The lowest BCUT2D eigenvalue weighted by molar-refractivity contribution is 0.0948. The van der Waals surface area contributed by atoms with E-state index >= 15 is 0 Å². The number of amides is 1. The normalized spacial score (nSPS) is 12.5. The number of carbonyl (C=O) groups is 1. The van der Waals surface area contributed by atoms with Crippen molar-refractivity contribution in [2.45, 2.75) is 19.4 Å². The first-order valence-corrected chi connectivity index (χ1v) is 4.22. The van der Waals surface area contributed by atoms with Crippen LogP contribution in [0.1, 0.15) is 23.8 Å². The number of nitrogens with zero attached hydrogens (tertiary/aromatic N) is 1. The number of imidazole rings is 1. The van der Waals surface area contributed by atoms with Crippen LogP contribution < -0.4 is 11.1 Å². The second-order valence-corrected chi connectivity index (χ2v) is 2.99. The van der Waals surface area contributed by atoms with Gasteiger partial charge in [0.05, 0.1) is 12.5 Å². The average Bonchev–Trinajstić information content (AvgIpc) is 2.55. The Morgan fingerprint density at radius 2 is 2.62 bits per heavy atom. The van der Waals surface area contributed by atoms with Crippen LogP contribution in [-0.2, 0) is 0 Å². The lowest BCUT2D eigenvalue weighted by Gasteiger charge is -2.05. The molecular formula is C8H14N4O. The predicted molar refractivity (Wildman–Crippen MR) is 49.2 cm³/mol. The molecule has 0 aliphatic heterocycles. The molecule has 0 saturated heterocycles. The molecule has 0 bridgehead atoms. The molecule has 0 radical (unpaired) electrons. The molecule has 1 aromatic rings. The third-order valence-electron chi connectivity index (χ3n) is 1.63. The summed E-state index contributed by atoms with van der Waals surface area (Å²) in [6.07, 6.45) is 3.74. The molecule has 72 valence electrons. The molecule has 0 aliphatic carbocycles. The zero-order valence-electron chi connectivity index (χ0n) is 7.58. The Kier molecular flexibility index (Phi) is 3.45. The first-order chi connectivity index (χ1) is 6.20. The zero-order chi connectivity index (χ0) is 9.68. The summed E-state index contributed by atoms with van der Waals surface area (Å²) in [5.74, 6) is -0.141. The van der Waals surface area contributed by atoms with E-state index in [1.165, 1.54) is 12.5 Å². The van der Waals surface area contributed by atoms with Gasteiger partial charge in [0.25, 0.3) is 5.91 Å². The fourth-order valence-electron chi connectivity index (χ4n) is 0.889. The summed E-state index contributed by atoms with van der Waals surface area (Å²) >= 11 is 0. The zero-order valence-corrected chi connectivity index (χ0v) is 7.58. The van der Waals surface area contributed by atoms with Crippen LogP contribution in [0.3, 0.4) is 0 Å². The highest BCUT2D eigenvalue weighted by Gasteiger charge is 2.05. The molecule has 0 spiro atoms. The molecule has 1 atom stereocenters. The first kappa shape index (κ1) is 9.73. The Labute approximate surface area is 76.7 Å². The second kappa shape index (κ2) is 4.61. The van der Waals surface area contributed by atoms with Crippen LogP contribution in [0.4, 0.5) is 0 Å². The summed E-state index contributed by atoms with van der Waals surface area (Å²) in [7, 11) is 0. The molecule has 1 rings (SSSR count). The number of rotatable bonds is 4. The van der Waals surface area contributed by atoms with Crippen LogP contribution in [0.15, 0.2) is 12.5 Å². The minimum Gasteiger partial charge on any atom is -0.351 e. The van der Waals surface area contributed by atoms with E-state index < -0.39 is 0 Å². The topological polar surface area (TPSA) is 83.8 Å². The SMILES string of the molecule is CC(N)CCNC(=O)c1cnc[nH]1. The van der Waals surface area contributed by atoms with E-state index in [9.17, 15) is 4.79 Å². The van der Waals surface area contributed by atoms with Crippen molar-refractivity contribution in [3.05, 3.63) is 18.2 Å². The summed E-state index contributed by atoms with van der Waals surface area (Å²) < 4.78 is 0. The predicted octanol–water partition coefficient (Wildman–Crippen LogP) is -0.123. The van der Waals surface area contributed by atoms with Crippen molar-refractivity contribution in [3.8, 4) is 0 Å². The Morgan fingerprint density at radius 3 is 3.15 bits per heavy atom. The maximum absolute atomic E-state index is 11.3. The molecule has 13 heavy (non-hydrogen) atoms. The van der Waals surface area contributed by atoms with Crippen molar-refractivity contribution in [2.24, 2.45) is 5.73 Å². The van der Waals surface area contributed by atoms with Gasteiger partial charge in [-0.3, -0.25) is 4.79 Å². The third-order valence-corrected chi connectivity index (χ3v) is 1.63. The summed E-state index contributed by atoms with van der Waals surface area (Å²) in [5, 5.41) is 2.73. The van der Waals surface area contributed by atoms with E-state index in [1.54, 1.807) is 0 Å². The van der Waals surface area contributed by atoms with Gasteiger partial charge in [0, 0.05) is 12.6 Å². The molecule has 5 heteroatoms. The fourth-order valence-corrected chi connectivity index (χ4v) is 0.889. The van der Waals surface area contributed by atoms with Crippen molar-refractivity contribution in [3.63, 3.8) is 0 Å². The Bertz CT molecular complexity index is 255. The van der Waals surface area contributed by atoms with Gasteiger partial charge in [-0.05, 0) is 13.3 Å². The van der Waals surface area contributed by atoms with E-state index in [-0.39, 0.29) is 11.9 Å². The Hall–Kier alpha value is -1.36. The minimum atomic E-state index is -0.141. The van der Waals surface area contributed by atoms with E-state index in [0.717, 1.165) is 6.42 Å². The lowest BCUT2D eigenvalue weighted by Crippen LogP contribution is -2.29. The minimum absolute atomic E-state index is 0.113. The molecule has 1 heterocycles. The highest BCUT2D eigenvalue weighted by Crippen LogP contribution is 1.90. The van der Waals surface area contributed by atoms with Crippen molar-refractivity contribution < 1.29 is 4.79 Å². The number of hydrogen-bond donors (Lipinski definition) is 3. The fraction of sp³-hybridized carbons (Fsp3) is 0.500. The van der Waals surface area contributed by atoms with Crippen molar-refractivity contribution in [2.75, 3.05) is 6.54 Å². The second-order valence-electron chi connectivity index (χ2n) is 2.99. The van der Waals surface area contributed by atoms with Crippen LogP contribution >= 0.6 is 0 Å². The summed E-state index contributed by atoms with van der Waals surface area (Å²) in [6.45, 7) is 2.50. The van der Waals surface area contributed by atoms with Crippen LogP contribution in [0.2, 0.25) is 0 Å². The first-order valence-electron chi connectivity index (χ1n) is 4.22. The molecule has 0 saturated carbocycles. The molecule has 1 aromatic heterocycles. The largest absolute Gasteiger partial charge is 0.351 e.